The molecule has 0 amide bonds. The number of nitrogens with one attached hydrogen (secondary N) is 2. The van der Waals surface area contributed by atoms with Crippen molar-refractivity contribution in [2.75, 3.05) is 17.7 Å². The van der Waals surface area contributed by atoms with Gasteiger partial charge in [0.05, 0.1) is 23.5 Å². The van der Waals surface area contributed by atoms with E-state index in [9.17, 15) is 4.79 Å². The fourth-order valence-electron chi connectivity index (χ4n) is 1.57. The summed E-state index contributed by atoms with van der Waals surface area (Å²) in [5.41, 5.74) is 2.52. The van der Waals surface area contributed by atoms with Crippen molar-refractivity contribution < 1.29 is 9.53 Å². The van der Waals surface area contributed by atoms with Crippen molar-refractivity contribution in [2.45, 2.75) is 6.42 Å². The molecule has 1 aromatic rings. The second-order valence-corrected chi connectivity index (χ2v) is 4.08. The Kier molecular flexibility index (Phi) is 3.39. The highest BCUT2D eigenvalue weighted by molar-refractivity contribution is 7.80. The van der Waals surface area contributed by atoms with Crippen LogP contribution in [0.5, 0.6) is 0 Å². The van der Waals surface area contributed by atoms with Gasteiger partial charge >= 0.3 is 5.97 Å². The van der Waals surface area contributed by atoms with Crippen LogP contribution in [0.15, 0.2) is 36.0 Å². The fourth-order valence-corrected chi connectivity index (χ4v) is 1.84. The monoisotopic (exact) mass is 248 g/mol. The van der Waals surface area contributed by atoms with Crippen LogP contribution in [0.3, 0.4) is 0 Å². The number of methoxy groups -OCH3 is 1. The molecule has 0 bridgehead atoms. The lowest BCUT2D eigenvalue weighted by Gasteiger charge is -2.07. The molecule has 4 nitrogen and oxygen atoms in total. The maximum atomic E-state index is 11.2. The Morgan fingerprint density at radius 3 is 2.65 bits per heavy atom. The summed E-state index contributed by atoms with van der Waals surface area (Å²) in [6.45, 7) is 0. The quantitative estimate of drug-likeness (QED) is 0.454. The Morgan fingerprint density at radius 2 is 2.00 bits per heavy atom. The summed E-state index contributed by atoms with van der Waals surface area (Å²) in [6.07, 6.45) is 1.90. The van der Waals surface area contributed by atoms with E-state index in [1.165, 1.54) is 13.2 Å². The predicted molar refractivity (Wildman–Crippen MR) is 71.0 cm³/mol. The minimum atomic E-state index is -0.394. The minimum absolute atomic E-state index is 0.394. The first kappa shape index (κ1) is 11.6. The second-order valence-electron chi connectivity index (χ2n) is 3.59. The average molecular weight is 248 g/mol. The number of thiocarbonyl (C=S) groups is 1. The summed E-state index contributed by atoms with van der Waals surface area (Å²) in [7, 11) is 1.35. The number of anilines is 2. The van der Waals surface area contributed by atoms with Crippen LogP contribution in [0.25, 0.3) is 0 Å². The Balaban J connectivity index is 2.32. The maximum absolute atomic E-state index is 11.2. The number of esters is 1. The Hall–Kier alpha value is -1.88. The van der Waals surface area contributed by atoms with Gasteiger partial charge < -0.3 is 15.4 Å². The number of fused-ring (bicyclic) bond motifs is 1. The molecule has 5 heteroatoms. The van der Waals surface area contributed by atoms with E-state index in [0.29, 0.717) is 11.4 Å². The van der Waals surface area contributed by atoms with Crippen LogP contribution in [0.2, 0.25) is 0 Å². The first-order valence-corrected chi connectivity index (χ1v) is 5.54. The molecule has 2 N–H and O–H groups in total. The summed E-state index contributed by atoms with van der Waals surface area (Å²) >= 11 is 5.19. The SMILES string of the molecule is COC(=O)/C=C1/CC(=S)Nc2ccccc2N1. The molecule has 0 aliphatic carbocycles. The molecule has 1 aliphatic heterocycles. The number of carbonyl (C=O) groups is 1. The van der Waals surface area contributed by atoms with Crippen molar-refractivity contribution in [2.24, 2.45) is 0 Å². The molecule has 88 valence electrons. The van der Waals surface area contributed by atoms with E-state index in [-0.39, 0.29) is 0 Å². The number of carbonyl (C=O) groups excluding carboxylic acids is 1. The summed E-state index contributed by atoms with van der Waals surface area (Å²) < 4.78 is 4.60. The van der Waals surface area contributed by atoms with Gasteiger partial charge in [-0.2, -0.15) is 0 Å². The van der Waals surface area contributed by atoms with E-state index in [1.54, 1.807) is 0 Å². The number of benzene rings is 1. The molecule has 0 aromatic heterocycles. The maximum Gasteiger partial charge on any atom is 0.332 e. The average Bonchev–Trinajstić information content (AvgIpc) is 2.46. The first-order chi connectivity index (χ1) is 8.19. The van der Waals surface area contributed by atoms with Crippen molar-refractivity contribution in [3.63, 3.8) is 0 Å². The van der Waals surface area contributed by atoms with E-state index in [0.717, 1.165) is 17.1 Å². The van der Waals surface area contributed by atoms with E-state index >= 15 is 0 Å². The van der Waals surface area contributed by atoms with Crippen LogP contribution in [-0.2, 0) is 9.53 Å². The number of ether oxygens (including phenoxy) is 1. The summed E-state index contributed by atoms with van der Waals surface area (Å²) in [4.78, 5) is 11.9. The first-order valence-electron chi connectivity index (χ1n) is 5.13. The third-order valence-electron chi connectivity index (χ3n) is 2.34. The summed E-state index contributed by atoms with van der Waals surface area (Å²) in [6, 6.07) is 7.68. The molecule has 1 heterocycles. The highest BCUT2D eigenvalue weighted by atomic mass is 32.1. The smallest absolute Gasteiger partial charge is 0.332 e. The van der Waals surface area contributed by atoms with Crippen molar-refractivity contribution in [3.8, 4) is 0 Å². The van der Waals surface area contributed by atoms with Crippen molar-refractivity contribution >= 4 is 34.6 Å². The van der Waals surface area contributed by atoms with Crippen LogP contribution in [-0.4, -0.2) is 18.1 Å². The fraction of sp³-hybridized carbons (Fsp3) is 0.167. The van der Waals surface area contributed by atoms with Gasteiger partial charge in [0.25, 0.3) is 0 Å². The minimum Gasteiger partial charge on any atom is -0.466 e. The molecule has 0 saturated heterocycles. The molecule has 0 saturated carbocycles. The zero-order valence-corrected chi connectivity index (χ0v) is 10.1. The van der Waals surface area contributed by atoms with E-state index < -0.39 is 5.97 Å². The number of hydrogen-bond acceptors (Lipinski definition) is 4. The van der Waals surface area contributed by atoms with Crippen LogP contribution >= 0.6 is 12.2 Å². The summed E-state index contributed by atoms with van der Waals surface area (Å²) in [5.74, 6) is -0.394. The Morgan fingerprint density at radius 1 is 1.35 bits per heavy atom. The molecule has 0 spiro atoms. The molecule has 0 radical (unpaired) electrons. The van der Waals surface area contributed by atoms with Crippen LogP contribution < -0.4 is 10.6 Å². The molecule has 1 aromatic carbocycles. The highest BCUT2D eigenvalue weighted by Crippen LogP contribution is 2.27. The molecule has 1 aliphatic rings. The number of hydrogen-bond donors (Lipinski definition) is 2. The molecule has 0 unspecified atom stereocenters. The molecular weight excluding hydrogens is 236 g/mol. The predicted octanol–water partition coefficient (Wildman–Crippen LogP) is 2.30. The van der Waals surface area contributed by atoms with Gasteiger partial charge in [0.15, 0.2) is 0 Å². The molecule has 17 heavy (non-hydrogen) atoms. The zero-order valence-electron chi connectivity index (χ0n) is 9.32. The van der Waals surface area contributed by atoms with Crippen LogP contribution in [0.1, 0.15) is 6.42 Å². The topological polar surface area (TPSA) is 50.4 Å². The standard InChI is InChI=1S/C12H12N2O2S/c1-16-12(15)7-8-6-11(17)14-10-5-3-2-4-9(10)13-8/h2-5,7,13H,6H2,1H3,(H,14,17)/b8-7-. The lowest BCUT2D eigenvalue weighted by molar-refractivity contribution is -0.134. The van der Waals surface area contributed by atoms with E-state index in [4.69, 9.17) is 12.2 Å². The van der Waals surface area contributed by atoms with E-state index in [1.807, 2.05) is 24.3 Å². The number of para-hydroxylation sites is 2. The Labute approximate surface area is 105 Å². The van der Waals surface area contributed by atoms with Gasteiger partial charge in [-0.1, -0.05) is 24.4 Å². The van der Waals surface area contributed by atoms with Gasteiger partial charge in [-0.15, -0.1) is 0 Å². The number of rotatable bonds is 1. The van der Waals surface area contributed by atoms with Crippen molar-refractivity contribution in [1.82, 2.24) is 0 Å². The Bertz CT molecular complexity index is 497. The summed E-state index contributed by atoms with van der Waals surface area (Å²) in [5, 5.41) is 6.28. The molecule has 0 fully saturated rings. The van der Waals surface area contributed by atoms with Gasteiger partial charge in [0, 0.05) is 18.2 Å². The van der Waals surface area contributed by atoms with Gasteiger partial charge in [-0.25, -0.2) is 4.79 Å². The van der Waals surface area contributed by atoms with Crippen molar-refractivity contribution in [1.29, 1.82) is 0 Å². The molecule has 2 rings (SSSR count). The lowest BCUT2D eigenvalue weighted by Crippen LogP contribution is -2.09. The van der Waals surface area contributed by atoms with E-state index in [2.05, 4.69) is 15.4 Å². The van der Waals surface area contributed by atoms with Crippen LogP contribution in [0, 0.1) is 0 Å². The van der Waals surface area contributed by atoms with Gasteiger partial charge in [0.1, 0.15) is 0 Å². The third kappa shape index (κ3) is 2.82. The van der Waals surface area contributed by atoms with Gasteiger partial charge in [-0.05, 0) is 12.1 Å². The highest BCUT2D eigenvalue weighted by Gasteiger charge is 2.13. The third-order valence-corrected chi connectivity index (χ3v) is 2.59. The molecule has 0 atom stereocenters. The van der Waals surface area contributed by atoms with Crippen LogP contribution in [0.4, 0.5) is 11.4 Å². The normalized spacial score (nSPS) is 16.5. The van der Waals surface area contributed by atoms with Gasteiger partial charge in [-0.3, -0.25) is 0 Å². The van der Waals surface area contributed by atoms with Crippen molar-refractivity contribution in [3.05, 3.63) is 36.0 Å². The van der Waals surface area contributed by atoms with Gasteiger partial charge in [0.2, 0.25) is 0 Å². The zero-order chi connectivity index (χ0) is 12.3. The lowest BCUT2D eigenvalue weighted by atomic mass is 10.2. The largest absolute Gasteiger partial charge is 0.466 e. The molecular formula is C12H12N2O2S. The second kappa shape index (κ2) is 4.97.